The van der Waals surface area contributed by atoms with Gasteiger partial charge in [-0.1, -0.05) is 12.1 Å². The fourth-order valence-electron chi connectivity index (χ4n) is 1.43. The lowest BCUT2D eigenvalue weighted by atomic mass is 10.1. The first-order valence-corrected chi connectivity index (χ1v) is 5.31. The first kappa shape index (κ1) is 14.0. The van der Waals surface area contributed by atoms with E-state index in [2.05, 4.69) is 5.32 Å². The van der Waals surface area contributed by atoms with Gasteiger partial charge in [-0.2, -0.15) is 0 Å². The van der Waals surface area contributed by atoms with Crippen molar-refractivity contribution in [3.8, 4) is 5.75 Å². The van der Waals surface area contributed by atoms with Gasteiger partial charge in [0.1, 0.15) is 17.8 Å². The molecule has 0 bridgehead atoms. The third-order valence-corrected chi connectivity index (χ3v) is 2.48. The normalized spacial score (nSPS) is 13.7. The molecule has 18 heavy (non-hydrogen) atoms. The van der Waals surface area contributed by atoms with E-state index in [1.54, 1.807) is 24.3 Å². The van der Waals surface area contributed by atoms with Gasteiger partial charge in [-0.3, -0.25) is 14.9 Å². The van der Waals surface area contributed by atoms with E-state index in [1.807, 2.05) is 0 Å². The number of carboxylic acid groups (broad SMARTS) is 2. The Morgan fingerprint density at radius 3 is 2.11 bits per heavy atom. The lowest BCUT2D eigenvalue weighted by Crippen LogP contribution is -2.40. The number of nitrogens with one attached hydrogen (secondary N) is 1. The number of methoxy groups -OCH3 is 1. The second-order valence-electron chi connectivity index (χ2n) is 3.77. The van der Waals surface area contributed by atoms with Crippen LogP contribution in [0.25, 0.3) is 0 Å². The molecule has 6 heteroatoms. The molecule has 0 spiro atoms. The Labute approximate surface area is 104 Å². The monoisotopic (exact) mass is 253 g/mol. The predicted octanol–water partition coefficient (Wildman–Crippen LogP) is 0.884. The molecular formula is C12H15NO5. The summed E-state index contributed by atoms with van der Waals surface area (Å²) in [6.45, 7) is 1.39. The topological polar surface area (TPSA) is 95.9 Å². The van der Waals surface area contributed by atoms with Crippen LogP contribution in [0.15, 0.2) is 24.3 Å². The zero-order valence-corrected chi connectivity index (χ0v) is 10.1. The first-order valence-electron chi connectivity index (χ1n) is 5.31. The molecule has 0 heterocycles. The molecule has 98 valence electrons. The van der Waals surface area contributed by atoms with Crippen LogP contribution >= 0.6 is 0 Å². The van der Waals surface area contributed by atoms with Crippen LogP contribution in [-0.2, 0) is 9.59 Å². The standard InChI is InChI=1S/C12H15NO5/c1-7(11(14)15)13-10(12(16)17)8-3-5-9(18-2)6-4-8/h3-7,10,13H,1-2H3,(H,14,15)(H,16,17). The van der Waals surface area contributed by atoms with E-state index in [0.717, 1.165) is 0 Å². The van der Waals surface area contributed by atoms with Gasteiger partial charge in [0, 0.05) is 0 Å². The zero-order chi connectivity index (χ0) is 13.7. The maximum absolute atomic E-state index is 11.1. The van der Waals surface area contributed by atoms with Gasteiger partial charge in [0.25, 0.3) is 0 Å². The molecule has 0 saturated carbocycles. The van der Waals surface area contributed by atoms with Gasteiger partial charge in [-0.25, -0.2) is 0 Å². The molecule has 0 fully saturated rings. The molecule has 0 aliphatic heterocycles. The fraction of sp³-hybridized carbons (Fsp3) is 0.333. The first-order chi connectivity index (χ1) is 8.45. The minimum absolute atomic E-state index is 0.469. The highest BCUT2D eigenvalue weighted by Gasteiger charge is 2.24. The van der Waals surface area contributed by atoms with Gasteiger partial charge < -0.3 is 14.9 Å². The maximum atomic E-state index is 11.1. The van der Waals surface area contributed by atoms with E-state index in [0.29, 0.717) is 11.3 Å². The van der Waals surface area contributed by atoms with E-state index in [1.165, 1.54) is 14.0 Å². The molecular weight excluding hydrogens is 238 g/mol. The van der Waals surface area contributed by atoms with Gasteiger partial charge in [-0.05, 0) is 24.6 Å². The zero-order valence-electron chi connectivity index (χ0n) is 10.1. The van der Waals surface area contributed by atoms with Crippen LogP contribution in [0, 0.1) is 0 Å². The Balaban J connectivity index is 2.90. The molecule has 6 nitrogen and oxygen atoms in total. The van der Waals surface area contributed by atoms with E-state index >= 15 is 0 Å². The van der Waals surface area contributed by atoms with Crippen LogP contribution in [0.5, 0.6) is 5.75 Å². The lowest BCUT2D eigenvalue weighted by molar-refractivity contribution is -0.142. The van der Waals surface area contributed by atoms with Crippen molar-refractivity contribution in [2.75, 3.05) is 7.11 Å². The van der Waals surface area contributed by atoms with E-state index in [4.69, 9.17) is 14.9 Å². The van der Waals surface area contributed by atoms with E-state index < -0.39 is 24.0 Å². The third kappa shape index (κ3) is 3.46. The van der Waals surface area contributed by atoms with Crippen LogP contribution < -0.4 is 10.1 Å². The summed E-state index contributed by atoms with van der Waals surface area (Å²) in [6.07, 6.45) is 0. The SMILES string of the molecule is COc1ccc(C(NC(C)C(=O)O)C(=O)O)cc1. The lowest BCUT2D eigenvalue weighted by Gasteiger charge is -2.17. The number of carbonyl (C=O) groups is 2. The number of carboxylic acids is 2. The maximum Gasteiger partial charge on any atom is 0.325 e. The highest BCUT2D eigenvalue weighted by Crippen LogP contribution is 2.18. The van der Waals surface area contributed by atoms with Gasteiger partial charge in [-0.15, -0.1) is 0 Å². The van der Waals surface area contributed by atoms with Gasteiger partial charge in [0.15, 0.2) is 0 Å². The Morgan fingerprint density at radius 1 is 1.17 bits per heavy atom. The number of ether oxygens (including phenoxy) is 1. The van der Waals surface area contributed by atoms with Crippen molar-refractivity contribution in [1.82, 2.24) is 5.32 Å². The van der Waals surface area contributed by atoms with Crippen molar-refractivity contribution in [3.05, 3.63) is 29.8 Å². The Bertz CT molecular complexity index is 429. The van der Waals surface area contributed by atoms with Gasteiger partial charge in [0.05, 0.1) is 7.11 Å². The highest BCUT2D eigenvalue weighted by molar-refractivity contribution is 5.78. The molecule has 1 rings (SSSR count). The molecule has 0 aliphatic rings. The number of hydrogen-bond donors (Lipinski definition) is 3. The van der Waals surface area contributed by atoms with Crippen LogP contribution in [-0.4, -0.2) is 35.3 Å². The van der Waals surface area contributed by atoms with Gasteiger partial charge in [0.2, 0.25) is 0 Å². The third-order valence-electron chi connectivity index (χ3n) is 2.48. The van der Waals surface area contributed by atoms with Crippen LogP contribution in [0.1, 0.15) is 18.5 Å². The van der Waals surface area contributed by atoms with Gasteiger partial charge >= 0.3 is 11.9 Å². The van der Waals surface area contributed by atoms with Crippen molar-refractivity contribution >= 4 is 11.9 Å². The average molecular weight is 253 g/mol. The molecule has 0 saturated heterocycles. The second-order valence-corrected chi connectivity index (χ2v) is 3.77. The number of rotatable bonds is 6. The molecule has 2 unspecified atom stereocenters. The summed E-state index contributed by atoms with van der Waals surface area (Å²) in [5.41, 5.74) is 0.469. The average Bonchev–Trinajstić information content (AvgIpc) is 2.35. The van der Waals surface area contributed by atoms with Crippen molar-refractivity contribution in [3.63, 3.8) is 0 Å². The summed E-state index contributed by atoms with van der Waals surface area (Å²) < 4.78 is 4.97. The van der Waals surface area contributed by atoms with E-state index in [-0.39, 0.29) is 0 Å². The minimum atomic E-state index is -1.13. The fourth-order valence-corrected chi connectivity index (χ4v) is 1.43. The highest BCUT2D eigenvalue weighted by atomic mass is 16.5. The van der Waals surface area contributed by atoms with Crippen molar-refractivity contribution in [2.45, 2.75) is 19.0 Å². The molecule has 2 atom stereocenters. The van der Waals surface area contributed by atoms with Crippen LogP contribution in [0.4, 0.5) is 0 Å². The molecule has 1 aromatic carbocycles. The summed E-state index contributed by atoms with van der Waals surface area (Å²) in [6, 6.07) is 4.39. The molecule has 0 aliphatic carbocycles. The molecule has 1 aromatic rings. The molecule has 3 N–H and O–H groups in total. The Hall–Kier alpha value is -2.08. The number of aliphatic carboxylic acids is 2. The van der Waals surface area contributed by atoms with Crippen LogP contribution in [0.3, 0.4) is 0 Å². The van der Waals surface area contributed by atoms with E-state index in [9.17, 15) is 9.59 Å². The Morgan fingerprint density at radius 2 is 1.72 bits per heavy atom. The summed E-state index contributed by atoms with van der Waals surface area (Å²) in [5, 5.41) is 20.4. The van der Waals surface area contributed by atoms with Crippen molar-refractivity contribution in [1.29, 1.82) is 0 Å². The quantitative estimate of drug-likeness (QED) is 0.696. The molecule has 0 radical (unpaired) electrons. The number of benzene rings is 1. The summed E-state index contributed by atoms with van der Waals surface area (Å²) in [7, 11) is 1.51. The minimum Gasteiger partial charge on any atom is -0.497 e. The summed E-state index contributed by atoms with van der Waals surface area (Å²) in [4.78, 5) is 21.8. The van der Waals surface area contributed by atoms with Crippen molar-refractivity contribution in [2.24, 2.45) is 0 Å². The smallest absolute Gasteiger partial charge is 0.325 e. The largest absolute Gasteiger partial charge is 0.497 e. The Kier molecular flexibility index (Phi) is 4.67. The number of hydrogen-bond acceptors (Lipinski definition) is 4. The van der Waals surface area contributed by atoms with Crippen molar-refractivity contribution < 1.29 is 24.5 Å². The summed E-state index contributed by atoms with van der Waals surface area (Å²) in [5.74, 6) is -1.63. The molecule has 0 aromatic heterocycles. The van der Waals surface area contributed by atoms with Crippen LogP contribution in [0.2, 0.25) is 0 Å². The molecule has 0 amide bonds. The summed E-state index contributed by atoms with van der Waals surface area (Å²) >= 11 is 0. The predicted molar refractivity (Wildman–Crippen MR) is 63.6 cm³/mol. The second kappa shape index (κ2) is 6.02.